The number of fused-ring (bicyclic) bond motifs is 3. The van der Waals surface area contributed by atoms with Gasteiger partial charge in [0.05, 0.1) is 0 Å². The molecule has 1 N–H and O–H groups in total. The van der Waals surface area contributed by atoms with Crippen molar-refractivity contribution in [2.75, 3.05) is 6.61 Å². The first kappa shape index (κ1) is 24.0. The fourth-order valence-electron chi connectivity index (χ4n) is 5.47. The first-order chi connectivity index (χ1) is 14.7. The topological polar surface area (TPSA) is 46.5 Å². The first-order valence-electron chi connectivity index (χ1n) is 12.4. The molecule has 172 valence electrons. The van der Waals surface area contributed by atoms with Gasteiger partial charge in [-0.1, -0.05) is 64.7 Å². The molecule has 3 rings (SSSR count). The number of benzene rings is 1. The van der Waals surface area contributed by atoms with Gasteiger partial charge in [0.1, 0.15) is 11.4 Å². The van der Waals surface area contributed by atoms with E-state index in [-0.39, 0.29) is 23.4 Å². The maximum Gasteiger partial charge on any atom is 0.158 e. The van der Waals surface area contributed by atoms with E-state index in [1.165, 1.54) is 43.2 Å². The molecule has 0 aromatic heterocycles. The van der Waals surface area contributed by atoms with Gasteiger partial charge >= 0.3 is 0 Å². The maximum atomic E-state index is 12.6. The summed E-state index contributed by atoms with van der Waals surface area (Å²) in [5, 5.41) is 9.08. The third kappa shape index (κ3) is 5.42. The zero-order valence-electron chi connectivity index (χ0n) is 20.3. The van der Waals surface area contributed by atoms with Crippen molar-refractivity contribution < 1.29 is 14.6 Å². The van der Waals surface area contributed by atoms with Gasteiger partial charge in [-0.05, 0) is 73.6 Å². The Morgan fingerprint density at radius 2 is 1.97 bits per heavy atom. The number of carbonyl (C=O) groups is 1. The molecular formula is C28H42O3. The molecule has 0 saturated carbocycles. The highest BCUT2D eigenvalue weighted by atomic mass is 16.5. The van der Waals surface area contributed by atoms with Gasteiger partial charge in [-0.2, -0.15) is 0 Å². The smallest absolute Gasteiger partial charge is 0.158 e. The molecule has 0 bridgehead atoms. The molecule has 3 nitrogen and oxygen atoms in total. The van der Waals surface area contributed by atoms with E-state index in [2.05, 4.69) is 58.9 Å². The van der Waals surface area contributed by atoms with E-state index >= 15 is 0 Å². The average molecular weight is 427 g/mol. The number of aliphatic hydroxyl groups is 1. The Hall–Kier alpha value is -1.61. The fourth-order valence-corrected chi connectivity index (χ4v) is 5.47. The fraction of sp³-hybridized carbons (Fsp3) is 0.679. The van der Waals surface area contributed by atoms with Crippen LogP contribution in [0.15, 0.2) is 29.8 Å². The van der Waals surface area contributed by atoms with Crippen molar-refractivity contribution in [3.63, 3.8) is 0 Å². The van der Waals surface area contributed by atoms with Crippen molar-refractivity contribution in [2.45, 2.75) is 109 Å². The zero-order chi connectivity index (χ0) is 22.6. The molecule has 2 atom stereocenters. The van der Waals surface area contributed by atoms with Crippen molar-refractivity contribution in [3.8, 4) is 5.75 Å². The summed E-state index contributed by atoms with van der Waals surface area (Å²) in [6.07, 6.45) is 11.1. The third-order valence-corrected chi connectivity index (χ3v) is 7.58. The number of hydrogen-bond donors (Lipinski definition) is 1. The average Bonchev–Trinajstić information content (AvgIpc) is 2.74. The van der Waals surface area contributed by atoms with E-state index in [4.69, 9.17) is 9.84 Å². The van der Waals surface area contributed by atoms with Crippen molar-refractivity contribution in [1.29, 1.82) is 0 Å². The summed E-state index contributed by atoms with van der Waals surface area (Å²) >= 11 is 0. The number of carbonyl (C=O) groups excluding carboxylic acids is 1. The molecule has 1 aromatic rings. The Kier molecular flexibility index (Phi) is 7.68. The molecule has 0 unspecified atom stereocenters. The standard InChI is InChI=1S/C28H42O3/c1-6-7-8-9-16-27(2,3)21-13-14-22-23-18-20(25(30)11-10-17-29)12-15-24(23)28(4,5)31-26(22)19-21/h12-14,19,23-24,29H,6-11,15-18H2,1-5H3/t23-,24+/m0/s1. The van der Waals surface area contributed by atoms with E-state index in [0.717, 1.165) is 24.2 Å². The summed E-state index contributed by atoms with van der Waals surface area (Å²) in [6.45, 7) is 11.4. The van der Waals surface area contributed by atoms with E-state index in [9.17, 15) is 4.79 Å². The Bertz CT molecular complexity index is 802. The molecule has 1 aromatic carbocycles. The van der Waals surface area contributed by atoms with Gasteiger partial charge in [-0.3, -0.25) is 4.79 Å². The van der Waals surface area contributed by atoms with Crippen molar-refractivity contribution in [2.24, 2.45) is 5.92 Å². The van der Waals surface area contributed by atoms with Crippen molar-refractivity contribution in [1.82, 2.24) is 0 Å². The summed E-state index contributed by atoms with van der Waals surface area (Å²) in [4.78, 5) is 12.6. The molecule has 0 saturated heterocycles. The predicted octanol–water partition coefficient (Wildman–Crippen LogP) is 6.87. The Labute approximate surface area is 189 Å². The summed E-state index contributed by atoms with van der Waals surface area (Å²) in [7, 11) is 0. The van der Waals surface area contributed by atoms with Crippen molar-refractivity contribution >= 4 is 5.78 Å². The predicted molar refractivity (Wildman–Crippen MR) is 128 cm³/mol. The van der Waals surface area contributed by atoms with Crippen LogP contribution >= 0.6 is 0 Å². The number of ketones is 1. The molecule has 3 heteroatoms. The second kappa shape index (κ2) is 9.90. The lowest BCUT2D eigenvalue weighted by molar-refractivity contribution is -0.116. The second-order valence-electron chi connectivity index (χ2n) is 10.8. The van der Waals surface area contributed by atoms with Crippen LogP contribution in [0.25, 0.3) is 0 Å². The van der Waals surface area contributed by atoms with Crippen LogP contribution in [0, 0.1) is 5.92 Å². The number of Topliss-reactive ketones (excluding diaryl/α,β-unsaturated/α-hetero) is 1. The number of aliphatic hydroxyl groups excluding tert-OH is 1. The Morgan fingerprint density at radius 1 is 1.19 bits per heavy atom. The molecule has 2 aliphatic rings. The van der Waals surface area contributed by atoms with E-state index in [1.54, 1.807) is 0 Å². The number of hydrogen-bond acceptors (Lipinski definition) is 3. The highest BCUT2D eigenvalue weighted by molar-refractivity contribution is 5.95. The number of allylic oxidation sites excluding steroid dienone is 2. The lowest BCUT2D eigenvalue weighted by Crippen LogP contribution is -2.45. The Balaban J connectivity index is 1.83. The largest absolute Gasteiger partial charge is 0.487 e. The first-order valence-corrected chi connectivity index (χ1v) is 12.4. The highest BCUT2D eigenvalue weighted by Gasteiger charge is 2.45. The van der Waals surface area contributed by atoms with Gasteiger partial charge in [-0.25, -0.2) is 0 Å². The number of ether oxygens (including phenoxy) is 1. The molecular weight excluding hydrogens is 384 g/mol. The molecule has 1 aliphatic heterocycles. The normalized spacial score (nSPS) is 22.2. The lowest BCUT2D eigenvalue weighted by atomic mass is 9.66. The van der Waals surface area contributed by atoms with Crippen LogP contribution in [0.2, 0.25) is 0 Å². The van der Waals surface area contributed by atoms with Crippen LogP contribution in [0.3, 0.4) is 0 Å². The summed E-state index contributed by atoms with van der Waals surface area (Å²) in [6, 6.07) is 6.84. The minimum absolute atomic E-state index is 0.0752. The van der Waals surface area contributed by atoms with Gasteiger partial charge in [0, 0.05) is 18.9 Å². The molecule has 0 radical (unpaired) electrons. The van der Waals surface area contributed by atoms with Crippen LogP contribution in [-0.2, 0) is 10.2 Å². The van der Waals surface area contributed by atoms with Gasteiger partial charge in [0.2, 0.25) is 0 Å². The summed E-state index contributed by atoms with van der Waals surface area (Å²) < 4.78 is 6.58. The molecule has 1 heterocycles. The third-order valence-electron chi connectivity index (χ3n) is 7.58. The molecule has 1 aliphatic carbocycles. The van der Waals surface area contributed by atoms with Crippen molar-refractivity contribution in [3.05, 3.63) is 41.0 Å². The van der Waals surface area contributed by atoms with Crippen LogP contribution in [0.1, 0.15) is 109 Å². The SMILES string of the molecule is CCCCCCC(C)(C)c1ccc2c(c1)OC(C)(C)[C@@H]1CC=C(C(=O)CCCO)C[C@@H]21. The molecule has 0 amide bonds. The maximum absolute atomic E-state index is 12.6. The van der Waals surface area contributed by atoms with E-state index in [1.807, 2.05) is 0 Å². The molecule has 31 heavy (non-hydrogen) atoms. The molecule has 0 spiro atoms. The van der Waals surface area contributed by atoms with E-state index in [0.29, 0.717) is 24.7 Å². The lowest BCUT2D eigenvalue weighted by Gasteiger charge is -2.47. The minimum Gasteiger partial charge on any atom is -0.487 e. The highest BCUT2D eigenvalue weighted by Crippen LogP contribution is 2.52. The summed E-state index contributed by atoms with van der Waals surface area (Å²) in [5.74, 6) is 1.90. The molecule has 0 fully saturated rings. The monoisotopic (exact) mass is 426 g/mol. The van der Waals surface area contributed by atoms with Gasteiger partial charge in [0.25, 0.3) is 0 Å². The van der Waals surface area contributed by atoms with Gasteiger partial charge in [0.15, 0.2) is 5.78 Å². The quantitative estimate of drug-likeness (QED) is 0.415. The van der Waals surface area contributed by atoms with Crippen LogP contribution in [0.5, 0.6) is 5.75 Å². The second-order valence-corrected chi connectivity index (χ2v) is 10.8. The van der Waals surface area contributed by atoms with Crippen LogP contribution < -0.4 is 4.74 Å². The van der Waals surface area contributed by atoms with Gasteiger partial charge < -0.3 is 9.84 Å². The van der Waals surface area contributed by atoms with E-state index < -0.39 is 0 Å². The minimum atomic E-state index is -0.252. The summed E-state index contributed by atoms with van der Waals surface area (Å²) in [5.41, 5.74) is 3.43. The number of unbranched alkanes of at least 4 members (excludes halogenated alkanes) is 3. The Morgan fingerprint density at radius 3 is 2.68 bits per heavy atom. The van der Waals surface area contributed by atoms with Crippen LogP contribution in [0.4, 0.5) is 0 Å². The van der Waals surface area contributed by atoms with Crippen LogP contribution in [-0.4, -0.2) is 23.1 Å². The zero-order valence-corrected chi connectivity index (χ0v) is 20.3. The number of rotatable bonds is 10. The van der Waals surface area contributed by atoms with Gasteiger partial charge in [-0.15, -0.1) is 0 Å².